The third kappa shape index (κ3) is 0.663. The minimum absolute atomic E-state index is 0.406. The molecule has 3 N–H and O–H groups in total. The van der Waals surface area contributed by atoms with Crippen LogP contribution in [0.25, 0.3) is 0 Å². The van der Waals surface area contributed by atoms with Crippen molar-refractivity contribution in [1.29, 1.82) is 0 Å². The Balaban J connectivity index is 3.12. The average molecular weight is 116 g/mol. The molecule has 7 heavy (non-hydrogen) atoms. The summed E-state index contributed by atoms with van der Waals surface area (Å²) in [7, 11) is 0. The largest absolute Gasteiger partial charge is 0.382 e. The van der Waals surface area contributed by atoms with Crippen molar-refractivity contribution in [2.45, 2.75) is 5.03 Å². The molecule has 4 nitrogen and oxygen atoms in total. The molecule has 0 amide bonds. The molecule has 0 unspecified atom stereocenters. The Morgan fingerprint density at radius 1 is 1.71 bits per heavy atom. The van der Waals surface area contributed by atoms with Crippen molar-refractivity contribution in [3.8, 4) is 0 Å². The highest BCUT2D eigenvalue weighted by molar-refractivity contribution is 7.80. The molecule has 0 aromatic carbocycles. The van der Waals surface area contributed by atoms with Crippen molar-refractivity contribution >= 4 is 18.4 Å². The molecule has 1 aromatic heterocycles. The maximum atomic E-state index is 5.18. The molecule has 0 spiro atoms. The second-order valence-corrected chi connectivity index (χ2v) is 1.47. The second-order valence-electron chi connectivity index (χ2n) is 1.05. The van der Waals surface area contributed by atoms with Crippen molar-refractivity contribution in [2.24, 2.45) is 0 Å². The van der Waals surface area contributed by atoms with Crippen LogP contribution in [0, 0.1) is 0 Å². The van der Waals surface area contributed by atoms with E-state index in [2.05, 4.69) is 28.0 Å². The third-order valence-electron chi connectivity index (χ3n) is 0.556. The van der Waals surface area contributed by atoms with Crippen LogP contribution in [0.1, 0.15) is 0 Å². The van der Waals surface area contributed by atoms with E-state index in [1.54, 1.807) is 0 Å². The molecule has 5 heteroatoms. The number of hydrogen-bond donors (Lipinski definition) is 3. The monoisotopic (exact) mass is 116 g/mol. The molecule has 0 aliphatic heterocycles. The van der Waals surface area contributed by atoms with Gasteiger partial charge in [-0.05, 0) is 0 Å². The molecule has 38 valence electrons. The molecule has 0 fully saturated rings. The number of nitrogens with two attached hydrogens (primary N) is 1. The number of nitrogens with one attached hydrogen (secondary N) is 1. The van der Waals surface area contributed by atoms with Gasteiger partial charge in [0.25, 0.3) is 0 Å². The van der Waals surface area contributed by atoms with Crippen LogP contribution in [-0.4, -0.2) is 15.4 Å². The van der Waals surface area contributed by atoms with Gasteiger partial charge in [-0.15, -0.1) is 17.7 Å². The van der Waals surface area contributed by atoms with Gasteiger partial charge in [-0.2, -0.15) is 0 Å². The fourth-order valence-electron chi connectivity index (χ4n) is 0.230. The number of rotatable bonds is 0. The van der Waals surface area contributed by atoms with Gasteiger partial charge in [-0.1, -0.05) is 5.21 Å². The zero-order chi connectivity index (χ0) is 5.28. The summed E-state index contributed by atoms with van der Waals surface area (Å²) in [5.74, 6) is 0.406. The molecular formula is C2H4N4S. The smallest absolute Gasteiger partial charge is 0.159 e. The summed E-state index contributed by atoms with van der Waals surface area (Å²) in [5, 5.41) is 9.65. The van der Waals surface area contributed by atoms with Crippen LogP contribution in [0.5, 0.6) is 0 Å². The molecule has 0 radical (unpaired) electrons. The Bertz CT molecular complexity index is 142. The van der Waals surface area contributed by atoms with Gasteiger partial charge in [0.05, 0.1) is 0 Å². The predicted molar refractivity (Wildman–Crippen MR) is 28.0 cm³/mol. The SMILES string of the molecule is Nc1[nH]nnc1S. The van der Waals surface area contributed by atoms with Gasteiger partial charge in [0.15, 0.2) is 10.8 Å². The molecular weight excluding hydrogens is 112 g/mol. The molecule has 1 heterocycles. The summed E-state index contributed by atoms with van der Waals surface area (Å²) >= 11 is 3.82. The Morgan fingerprint density at radius 2 is 2.43 bits per heavy atom. The zero-order valence-electron chi connectivity index (χ0n) is 3.42. The Labute approximate surface area is 45.5 Å². The van der Waals surface area contributed by atoms with Gasteiger partial charge in [0.2, 0.25) is 0 Å². The van der Waals surface area contributed by atoms with Crippen molar-refractivity contribution in [3.05, 3.63) is 0 Å². The second kappa shape index (κ2) is 1.42. The quantitative estimate of drug-likeness (QED) is 0.407. The van der Waals surface area contributed by atoms with E-state index in [0.717, 1.165) is 0 Å². The molecule has 0 saturated carbocycles. The van der Waals surface area contributed by atoms with E-state index in [9.17, 15) is 0 Å². The molecule has 1 rings (SSSR count). The number of aromatic amines is 1. The van der Waals surface area contributed by atoms with Gasteiger partial charge in [0.1, 0.15) is 0 Å². The highest BCUT2D eigenvalue weighted by atomic mass is 32.1. The van der Waals surface area contributed by atoms with E-state index in [1.165, 1.54) is 0 Å². The number of anilines is 1. The summed E-state index contributed by atoms with van der Waals surface area (Å²) in [6.45, 7) is 0. The Morgan fingerprint density at radius 3 is 2.57 bits per heavy atom. The summed E-state index contributed by atoms with van der Waals surface area (Å²) in [5.41, 5.74) is 5.18. The first-order valence-corrected chi connectivity index (χ1v) is 2.11. The minimum Gasteiger partial charge on any atom is -0.382 e. The maximum Gasteiger partial charge on any atom is 0.159 e. The fourth-order valence-corrected chi connectivity index (χ4v) is 0.325. The first-order valence-electron chi connectivity index (χ1n) is 1.66. The van der Waals surface area contributed by atoms with E-state index >= 15 is 0 Å². The van der Waals surface area contributed by atoms with Gasteiger partial charge in [-0.3, -0.25) is 0 Å². The van der Waals surface area contributed by atoms with Gasteiger partial charge in [0, 0.05) is 0 Å². The number of aromatic nitrogens is 3. The van der Waals surface area contributed by atoms with Crippen LogP contribution in [0.15, 0.2) is 5.03 Å². The normalized spacial score (nSPS) is 9.29. The standard InChI is InChI=1S/C2H4N4S/c3-1-2(7)5-6-4-1/h(H4,3,4,5,6,7). The lowest BCUT2D eigenvalue weighted by Crippen LogP contribution is -1.83. The van der Waals surface area contributed by atoms with Crippen LogP contribution < -0.4 is 5.73 Å². The zero-order valence-corrected chi connectivity index (χ0v) is 4.31. The number of H-pyrrole nitrogens is 1. The molecule has 0 atom stereocenters. The highest BCUT2D eigenvalue weighted by Crippen LogP contribution is 2.04. The summed E-state index contributed by atoms with van der Waals surface area (Å²) in [4.78, 5) is 0. The van der Waals surface area contributed by atoms with E-state index in [0.29, 0.717) is 10.8 Å². The van der Waals surface area contributed by atoms with Crippen molar-refractivity contribution < 1.29 is 0 Å². The number of nitrogen functional groups attached to an aromatic ring is 1. The summed E-state index contributed by atoms with van der Waals surface area (Å²) in [6, 6.07) is 0. The topological polar surface area (TPSA) is 67.6 Å². The van der Waals surface area contributed by atoms with Crippen LogP contribution in [0.4, 0.5) is 5.82 Å². The fraction of sp³-hybridized carbons (Fsp3) is 0. The number of hydrogen-bond acceptors (Lipinski definition) is 4. The van der Waals surface area contributed by atoms with E-state index in [4.69, 9.17) is 5.73 Å². The average Bonchev–Trinajstić information content (AvgIpc) is 1.91. The van der Waals surface area contributed by atoms with Gasteiger partial charge >= 0.3 is 0 Å². The summed E-state index contributed by atoms with van der Waals surface area (Å²) in [6.07, 6.45) is 0. The molecule has 1 aromatic rings. The van der Waals surface area contributed by atoms with E-state index in [-0.39, 0.29) is 0 Å². The maximum absolute atomic E-state index is 5.18. The highest BCUT2D eigenvalue weighted by Gasteiger charge is 1.91. The molecule has 0 aliphatic carbocycles. The predicted octanol–water partition coefficient (Wildman–Crippen LogP) is -0.324. The first kappa shape index (κ1) is 4.45. The lowest BCUT2D eigenvalue weighted by Gasteiger charge is -1.76. The van der Waals surface area contributed by atoms with E-state index < -0.39 is 0 Å². The van der Waals surface area contributed by atoms with Crippen molar-refractivity contribution in [1.82, 2.24) is 15.4 Å². The van der Waals surface area contributed by atoms with E-state index in [1.807, 2.05) is 0 Å². The third-order valence-corrected chi connectivity index (χ3v) is 0.886. The van der Waals surface area contributed by atoms with Gasteiger partial charge < -0.3 is 5.73 Å². The number of nitrogens with zero attached hydrogens (tertiary/aromatic N) is 2. The van der Waals surface area contributed by atoms with Crippen LogP contribution in [0.3, 0.4) is 0 Å². The first-order chi connectivity index (χ1) is 3.30. The Hall–Kier alpha value is -0.710. The Kier molecular flexibility index (Phi) is 0.900. The van der Waals surface area contributed by atoms with Crippen LogP contribution >= 0.6 is 12.6 Å². The lowest BCUT2D eigenvalue weighted by atomic mass is 10.8. The number of thiol groups is 1. The minimum atomic E-state index is 0.406. The molecule has 0 bridgehead atoms. The molecule has 0 saturated heterocycles. The van der Waals surface area contributed by atoms with Crippen molar-refractivity contribution in [2.75, 3.05) is 5.73 Å². The van der Waals surface area contributed by atoms with Gasteiger partial charge in [-0.25, -0.2) is 5.10 Å². The lowest BCUT2D eigenvalue weighted by molar-refractivity contribution is 0.913. The molecule has 0 aliphatic rings. The van der Waals surface area contributed by atoms with Crippen LogP contribution in [-0.2, 0) is 0 Å². The van der Waals surface area contributed by atoms with Crippen molar-refractivity contribution in [3.63, 3.8) is 0 Å². The summed E-state index contributed by atoms with van der Waals surface area (Å²) < 4.78 is 0. The van der Waals surface area contributed by atoms with Crippen LogP contribution in [0.2, 0.25) is 0 Å².